The van der Waals surface area contributed by atoms with Gasteiger partial charge in [0.2, 0.25) is 0 Å². The summed E-state index contributed by atoms with van der Waals surface area (Å²) >= 11 is 0. The second-order valence-electron chi connectivity index (χ2n) is 2.30. The van der Waals surface area contributed by atoms with Gasteiger partial charge in [-0.25, -0.2) is 4.98 Å². The highest BCUT2D eigenvalue weighted by Gasteiger charge is 2.36. The van der Waals surface area contributed by atoms with Crippen molar-refractivity contribution < 1.29 is 13.2 Å². The van der Waals surface area contributed by atoms with Gasteiger partial charge in [-0.15, -0.1) is 5.10 Å². The van der Waals surface area contributed by atoms with Gasteiger partial charge in [-0.1, -0.05) is 0 Å². The maximum Gasteiger partial charge on any atom is 0.453 e. The lowest BCUT2D eigenvalue weighted by atomic mass is 10.6. The topological polar surface area (TPSA) is 30.7 Å². The third-order valence-electron chi connectivity index (χ3n) is 1.41. The molecule has 0 fully saturated rings. The van der Waals surface area contributed by atoms with Gasteiger partial charge in [-0.2, -0.15) is 13.2 Å². The minimum absolute atomic E-state index is 0.282. The van der Waals surface area contributed by atoms with Crippen molar-refractivity contribution in [1.82, 2.24) is 14.8 Å². The van der Waals surface area contributed by atoms with E-state index in [2.05, 4.69) is 10.1 Å². The Morgan fingerprint density at radius 2 is 2.00 bits per heavy atom. The van der Waals surface area contributed by atoms with E-state index in [1.54, 1.807) is 6.92 Å². The number of aromatic nitrogens is 3. The molecule has 0 spiro atoms. The maximum absolute atomic E-state index is 12.0. The van der Waals surface area contributed by atoms with Crippen LogP contribution < -0.4 is 0 Å². The number of hydrogen-bond donors (Lipinski definition) is 0. The van der Waals surface area contributed by atoms with Crippen LogP contribution in [-0.4, -0.2) is 14.8 Å². The molecule has 0 N–H and O–H groups in total. The van der Waals surface area contributed by atoms with Crippen LogP contribution in [-0.2, 0) is 12.7 Å². The lowest BCUT2D eigenvalue weighted by molar-refractivity contribution is -0.145. The van der Waals surface area contributed by atoms with Crippen LogP contribution in [0.3, 0.4) is 0 Å². The average Bonchev–Trinajstić information content (AvgIpc) is 2.29. The Balaban J connectivity index is 3.05. The lowest BCUT2D eigenvalue weighted by Gasteiger charge is -1.98. The van der Waals surface area contributed by atoms with Crippen LogP contribution >= 0.6 is 0 Å². The van der Waals surface area contributed by atoms with Crippen LogP contribution in [0.25, 0.3) is 0 Å². The first-order valence-corrected chi connectivity index (χ1v) is 3.43. The van der Waals surface area contributed by atoms with Gasteiger partial charge < -0.3 is 0 Å². The highest BCUT2D eigenvalue weighted by Crippen LogP contribution is 2.25. The minimum Gasteiger partial charge on any atom is -0.250 e. The molecule has 1 rings (SSSR count). The zero-order valence-corrected chi connectivity index (χ0v) is 6.68. The molecule has 1 heterocycles. The number of rotatable bonds is 1. The number of nitrogens with zero attached hydrogens (tertiary/aromatic N) is 3. The standard InChI is InChI=1S/C6H8F3N3/c1-3-12-4(2)10-5(11-12)6(7,8)9/h3H2,1-2H3. The van der Waals surface area contributed by atoms with Crippen LogP contribution in [0, 0.1) is 6.92 Å². The number of aryl methyl sites for hydroxylation is 2. The summed E-state index contributed by atoms with van der Waals surface area (Å²) in [5, 5.41) is 3.28. The summed E-state index contributed by atoms with van der Waals surface area (Å²) in [5.41, 5.74) is 0. The van der Waals surface area contributed by atoms with Gasteiger partial charge in [-0.05, 0) is 13.8 Å². The fourth-order valence-electron chi connectivity index (χ4n) is 0.840. The SMILES string of the molecule is CCn1nc(C(F)(F)F)nc1C. The van der Waals surface area contributed by atoms with Crippen molar-refractivity contribution in [2.45, 2.75) is 26.6 Å². The molecule has 6 heteroatoms. The molecule has 0 unspecified atom stereocenters. The molecule has 1 aromatic heterocycles. The second-order valence-corrected chi connectivity index (χ2v) is 2.30. The van der Waals surface area contributed by atoms with Crippen LogP contribution in [0.1, 0.15) is 18.6 Å². The smallest absolute Gasteiger partial charge is 0.250 e. The largest absolute Gasteiger partial charge is 0.453 e. The molecule has 1 aromatic rings. The molecule has 68 valence electrons. The van der Waals surface area contributed by atoms with E-state index < -0.39 is 12.0 Å². The zero-order valence-electron chi connectivity index (χ0n) is 6.68. The predicted octanol–water partition coefficient (Wildman–Crippen LogP) is 1.63. The van der Waals surface area contributed by atoms with E-state index in [0.29, 0.717) is 6.54 Å². The predicted molar refractivity (Wildman–Crippen MR) is 35.4 cm³/mol. The molecule has 12 heavy (non-hydrogen) atoms. The quantitative estimate of drug-likeness (QED) is 0.655. The van der Waals surface area contributed by atoms with Crippen LogP contribution in [0.15, 0.2) is 0 Å². The van der Waals surface area contributed by atoms with E-state index in [0.717, 1.165) is 0 Å². The molecule has 0 bridgehead atoms. The second kappa shape index (κ2) is 2.76. The molecular formula is C6H8F3N3. The molecule has 0 atom stereocenters. The van der Waals surface area contributed by atoms with Crippen molar-refractivity contribution in [2.24, 2.45) is 0 Å². The fraction of sp³-hybridized carbons (Fsp3) is 0.667. The Kier molecular flexibility index (Phi) is 2.08. The van der Waals surface area contributed by atoms with Gasteiger partial charge in [0.25, 0.3) is 5.82 Å². The van der Waals surface area contributed by atoms with Crippen molar-refractivity contribution in [1.29, 1.82) is 0 Å². The summed E-state index contributed by atoms with van der Waals surface area (Å²) in [5.74, 6) is -0.785. The number of hydrogen-bond acceptors (Lipinski definition) is 2. The van der Waals surface area contributed by atoms with E-state index in [1.165, 1.54) is 11.6 Å². The summed E-state index contributed by atoms with van der Waals surface area (Å²) in [7, 11) is 0. The number of alkyl halides is 3. The fourth-order valence-corrected chi connectivity index (χ4v) is 0.840. The van der Waals surface area contributed by atoms with Crippen molar-refractivity contribution >= 4 is 0 Å². The van der Waals surface area contributed by atoms with Gasteiger partial charge >= 0.3 is 6.18 Å². The van der Waals surface area contributed by atoms with Crippen molar-refractivity contribution in [3.63, 3.8) is 0 Å². The molecule has 0 aliphatic carbocycles. The highest BCUT2D eigenvalue weighted by molar-refractivity contribution is 4.94. The van der Waals surface area contributed by atoms with Crippen LogP contribution in [0.2, 0.25) is 0 Å². The first-order valence-electron chi connectivity index (χ1n) is 3.43. The molecule has 0 aromatic carbocycles. The Hall–Kier alpha value is -1.07. The van der Waals surface area contributed by atoms with E-state index >= 15 is 0 Å². The monoisotopic (exact) mass is 179 g/mol. The summed E-state index contributed by atoms with van der Waals surface area (Å²) < 4.78 is 37.1. The summed E-state index contributed by atoms with van der Waals surface area (Å²) in [6.07, 6.45) is -4.44. The highest BCUT2D eigenvalue weighted by atomic mass is 19.4. The summed E-state index contributed by atoms with van der Waals surface area (Å²) in [6, 6.07) is 0. The molecule has 0 saturated heterocycles. The average molecular weight is 179 g/mol. The van der Waals surface area contributed by atoms with Crippen molar-refractivity contribution in [2.75, 3.05) is 0 Å². The van der Waals surface area contributed by atoms with Crippen molar-refractivity contribution in [3.8, 4) is 0 Å². The zero-order chi connectivity index (χ0) is 9.35. The van der Waals surface area contributed by atoms with Gasteiger partial charge in [0.05, 0.1) is 0 Å². The van der Waals surface area contributed by atoms with Crippen LogP contribution in [0.4, 0.5) is 13.2 Å². The molecular weight excluding hydrogens is 171 g/mol. The molecule has 0 radical (unpaired) electrons. The molecule has 0 saturated carbocycles. The van der Waals surface area contributed by atoms with E-state index in [9.17, 15) is 13.2 Å². The Bertz CT molecular complexity index is 276. The number of halogens is 3. The van der Waals surface area contributed by atoms with Gasteiger partial charge in [0.1, 0.15) is 5.82 Å². The summed E-state index contributed by atoms with van der Waals surface area (Å²) in [4.78, 5) is 3.28. The van der Waals surface area contributed by atoms with E-state index in [1.807, 2.05) is 0 Å². The Labute approximate surface area is 67.2 Å². The maximum atomic E-state index is 12.0. The van der Waals surface area contributed by atoms with Gasteiger partial charge in [-0.3, -0.25) is 4.68 Å². The van der Waals surface area contributed by atoms with E-state index in [-0.39, 0.29) is 5.82 Å². The normalized spacial score (nSPS) is 12.1. The molecule has 0 amide bonds. The minimum atomic E-state index is -4.44. The van der Waals surface area contributed by atoms with Crippen LogP contribution in [0.5, 0.6) is 0 Å². The molecule has 0 aliphatic rings. The van der Waals surface area contributed by atoms with Crippen molar-refractivity contribution in [3.05, 3.63) is 11.6 Å². The Morgan fingerprint density at radius 3 is 2.25 bits per heavy atom. The lowest BCUT2D eigenvalue weighted by Crippen LogP contribution is -2.08. The third-order valence-corrected chi connectivity index (χ3v) is 1.41. The van der Waals surface area contributed by atoms with Gasteiger partial charge in [0.15, 0.2) is 0 Å². The first-order chi connectivity index (χ1) is 5.45. The molecule has 0 aliphatic heterocycles. The first kappa shape index (κ1) is 9.02. The Morgan fingerprint density at radius 1 is 1.42 bits per heavy atom. The third kappa shape index (κ3) is 1.57. The van der Waals surface area contributed by atoms with E-state index in [4.69, 9.17) is 0 Å². The van der Waals surface area contributed by atoms with Gasteiger partial charge in [0, 0.05) is 6.54 Å². The molecule has 3 nitrogen and oxygen atoms in total. The summed E-state index contributed by atoms with van der Waals surface area (Å²) in [6.45, 7) is 3.60.